The van der Waals surface area contributed by atoms with Crippen LogP contribution in [0.4, 0.5) is 0 Å². The maximum atomic E-state index is 12.9. The summed E-state index contributed by atoms with van der Waals surface area (Å²) in [5.41, 5.74) is 1.72. The second-order valence-electron chi connectivity index (χ2n) is 6.60. The third-order valence-electron chi connectivity index (χ3n) is 4.92. The van der Waals surface area contributed by atoms with E-state index >= 15 is 0 Å². The van der Waals surface area contributed by atoms with Crippen molar-refractivity contribution in [1.82, 2.24) is 20.1 Å². The summed E-state index contributed by atoms with van der Waals surface area (Å²) in [7, 11) is 3.27. The number of carbonyl (C=O) groups excluding carboxylic acids is 1. The number of aromatic nitrogens is 3. The smallest absolute Gasteiger partial charge is 0.277 e. The molecule has 1 saturated heterocycles. The van der Waals surface area contributed by atoms with Crippen LogP contribution in [0.5, 0.6) is 11.5 Å². The highest BCUT2D eigenvalue weighted by Crippen LogP contribution is 2.39. The van der Waals surface area contributed by atoms with Crippen LogP contribution in [0.25, 0.3) is 11.6 Å². The molecular weight excluding hydrogens is 392 g/mol. The number of nitrogens with one attached hydrogen (secondary N) is 1. The zero-order chi connectivity index (χ0) is 20.2. The molecule has 1 N–H and O–H groups in total. The van der Waals surface area contributed by atoms with Crippen molar-refractivity contribution in [3.05, 3.63) is 42.1 Å². The van der Waals surface area contributed by atoms with Gasteiger partial charge in [-0.05, 0) is 43.2 Å². The molecule has 1 unspecified atom stereocenters. The molecule has 0 radical (unpaired) electrons. The number of aromatic amines is 1. The molecule has 3 aromatic rings. The zero-order valence-electron chi connectivity index (χ0n) is 16.3. The number of amides is 1. The van der Waals surface area contributed by atoms with Gasteiger partial charge in [0.05, 0.1) is 26.0 Å². The second kappa shape index (κ2) is 8.60. The summed E-state index contributed by atoms with van der Waals surface area (Å²) in [6.45, 7) is 0.710. The molecule has 0 spiro atoms. The molecule has 3 heterocycles. The molecular formula is C20H22N4O4S. The van der Waals surface area contributed by atoms with Crippen molar-refractivity contribution in [2.75, 3.05) is 26.5 Å². The molecule has 0 aliphatic carbocycles. The molecule has 1 aliphatic heterocycles. The maximum Gasteiger partial charge on any atom is 0.277 e. The van der Waals surface area contributed by atoms with Crippen LogP contribution in [0.1, 0.15) is 24.4 Å². The Morgan fingerprint density at radius 1 is 1.31 bits per heavy atom. The first-order chi connectivity index (χ1) is 14.2. The molecule has 152 valence electrons. The van der Waals surface area contributed by atoms with Gasteiger partial charge in [0.15, 0.2) is 0 Å². The van der Waals surface area contributed by atoms with Crippen molar-refractivity contribution < 1.29 is 18.7 Å². The minimum Gasteiger partial charge on any atom is -0.497 e. The van der Waals surface area contributed by atoms with Crippen LogP contribution >= 0.6 is 11.8 Å². The fourth-order valence-electron chi connectivity index (χ4n) is 3.54. The van der Waals surface area contributed by atoms with Crippen molar-refractivity contribution in [3.63, 3.8) is 0 Å². The highest BCUT2D eigenvalue weighted by atomic mass is 32.2. The number of rotatable bonds is 7. The van der Waals surface area contributed by atoms with E-state index in [1.54, 1.807) is 20.4 Å². The second-order valence-corrected chi connectivity index (χ2v) is 7.53. The Labute approximate surface area is 172 Å². The molecule has 1 amide bonds. The lowest BCUT2D eigenvalue weighted by atomic mass is 10.0. The number of ether oxygens (including phenoxy) is 2. The van der Waals surface area contributed by atoms with Gasteiger partial charge in [-0.25, -0.2) is 0 Å². The summed E-state index contributed by atoms with van der Waals surface area (Å²) in [4.78, 5) is 17.8. The molecule has 29 heavy (non-hydrogen) atoms. The number of hydrogen-bond donors (Lipinski definition) is 1. The molecule has 1 atom stereocenters. The summed E-state index contributed by atoms with van der Waals surface area (Å²) in [6.07, 6.45) is 3.62. The molecule has 1 fully saturated rings. The SMILES string of the molecule is COc1ccc(OC)c(C2CCCN2C(=O)CSc2nnc(-c3ccc[nH]3)o2)c1. The Morgan fingerprint density at radius 3 is 2.97 bits per heavy atom. The van der Waals surface area contributed by atoms with Gasteiger partial charge in [0.25, 0.3) is 11.1 Å². The Balaban J connectivity index is 1.44. The first-order valence-electron chi connectivity index (χ1n) is 9.31. The summed E-state index contributed by atoms with van der Waals surface area (Å²) in [5, 5.41) is 8.40. The van der Waals surface area contributed by atoms with E-state index in [4.69, 9.17) is 13.9 Å². The van der Waals surface area contributed by atoms with Crippen molar-refractivity contribution in [1.29, 1.82) is 0 Å². The van der Waals surface area contributed by atoms with E-state index in [2.05, 4.69) is 15.2 Å². The van der Waals surface area contributed by atoms with E-state index in [1.807, 2.05) is 35.2 Å². The van der Waals surface area contributed by atoms with Crippen LogP contribution in [-0.4, -0.2) is 52.5 Å². The normalized spacial score (nSPS) is 16.2. The van der Waals surface area contributed by atoms with Crippen LogP contribution in [0.3, 0.4) is 0 Å². The molecule has 8 nitrogen and oxygen atoms in total. The van der Waals surface area contributed by atoms with E-state index in [0.717, 1.165) is 35.6 Å². The Bertz CT molecular complexity index is 973. The topological polar surface area (TPSA) is 93.5 Å². The van der Waals surface area contributed by atoms with E-state index in [-0.39, 0.29) is 17.7 Å². The number of likely N-dealkylation sites (tertiary alicyclic amines) is 1. The van der Waals surface area contributed by atoms with Gasteiger partial charge in [-0.3, -0.25) is 4.79 Å². The Kier molecular flexibility index (Phi) is 5.75. The first kappa shape index (κ1) is 19.4. The molecule has 0 saturated carbocycles. The van der Waals surface area contributed by atoms with Gasteiger partial charge >= 0.3 is 0 Å². The highest BCUT2D eigenvalue weighted by molar-refractivity contribution is 7.99. The third-order valence-corrected chi connectivity index (χ3v) is 5.73. The maximum absolute atomic E-state index is 12.9. The predicted octanol–water partition coefficient (Wildman–Crippen LogP) is 3.54. The van der Waals surface area contributed by atoms with Crippen LogP contribution in [-0.2, 0) is 4.79 Å². The minimum absolute atomic E-state index is 0.0296. The molecule has 1 aliphatic rings. The number of methoxy groups -OCH3 is 2. The summed E-state index contributed by atoms with van der Waals surface area (Å²) < 4.78 is 16.5. The van der Waals surface area contributed by atoms with Crippen molar-refractivity contribution in [2.45, 2.75) is 24.1 Å². The van der Waals surface area contributed by atoms with E-state index < -0.39 is 0 Å². The molecule has 2 aromatic heterocycles. The average Bonchev–Trinajstić information content (AvgIpc) is 3.52. The van der Waals surface area contributed by atoms with Gasteiger partial charge in [0, 0.05) is 18.3 Å². The Morgan fingerprint density at radius 2 is 2.21 bits per heavy atom. The van der Waals surface area contributed by atoms with Gasteiger partial charge < -0.3 is 23.8 Å². The van der Waals surface area contributed by atoms with E-state index in [9.17, 15) is 4.79 Å². The lowest BCUT2D eigenvalue weighted by Crippen LogP contribution is -2.32. The zero-order valence-corrected chi connectivity index (χ0v) is 17.1. The molecule has 1 aromatic carbocycles. The first-order valence-corrected chi connectivity index (χ1v) is 10.3. The lowest BCUT2D eigenvalue weighted by molar-refractivity contribution is -0.129. The third kappa shape index (κ3) is 4.09. The van der Waals surface area contributed by atoms with Gasteiger partial charge in [0.1, 0.15) is 17.2 Å². The largest absolute Gasteiger partial charge is 0.497 e. The lowest BCUT2D eigenvalue weighted by Gasteiger charge is -2.26. The van der Waals surface area contributed by atoms with Gasteiger partial charge in [-0.2, -0.15) is 0 Å². The Hall–Kier alpha value is -2.94. The van der Waals surface area contributed by atoms with E-state index in [0.29, 0.717) is 17.7 Å². The number of hydrogen-bond acceptors (Lipinski definition) is 7. The highest BCUT2D eigenvalue weighted by Gasteiger charge is 2.32. The minimum atomic E-state index is -0.0367. The van der Waals surface area contributed by atoms with Gasteiger partial charge in [-0.15, -0.1) is 10.2 Å². The fraction of sp³-hybridized carbons (Fsp3) is 0.350. The van der Waals surface area contributed by atoms with Crippen molar-refractivity contribution >= 4 is 17.7 Å². The molecule has 0 bridgehead atoms. The number of carbonyl (C=O) groups is 1. The number of H-pyrrole nitrogens is 1. The fourth-order valence-corrected chi connectivity index (χ4v) is 4.18. The van der Waals surface area contributed by atoms with Crippen molar-refractivity contribution in [2.24, 2.45) is 0 Å². The van der Waals surface area contributed by atoms with E-state index in [1.165, 1.54) is 11.8 Å². The predicted molar refractivity (Wildman–Crippen MR) is 108 cm³/mol. The number of thioether (sulfide) groups is 1. The van der Waals surface area contributed by atoms with Crippen LogP contribution in [0.15, 0.2) is 46.2 Å². The standard InChI is InChI=1S/C20H22N4O4S/c1-26-13-7-8-17(27-2)14(11-13)16-6-4-10-24(16)18(25)12-29-20-23-22-19(28-20)15-5-3-9-21-15/h3,5,7-9,11,16,21H,4,6,10,12H2,1-2H3. The van der Waals surface area contributed by atoms with Crippen LogP contribution < -0.4 is 9.47 Å². The average molecular weight is 414 g/mol. The van der Waals surface area contributed by atoms with Gasteiger partial charge in [-0.1, -0.05) is 11.8 Å². The van der Waals surface area contributed by atoms with Crippen molar-refractivity contribution in [3.8, 4) is 23.1 Å². The summed E-state index contributed by atoms with van der Waals surface area (Å²) >= 11 is 1.25. The molecule has 9 heteroatoms. The summed E-state index contributed by atoms with van der Waals surface area (Å²) in [5.74, 6) is 2.18. The molecule has 4 rings (SSSR count). The number of benzene rings is 1. The monoisotopic (exact) mass is 414 g/mol. The number of nitrogens with zero attached hydrogens (tertiary/aromatic N) is 3. The van der Waals surface area contributed by atoms with Crippen LogP contribution in [0.2, 0.25) is 0 Å². The quantitative estimate of drug-likeness (QED) is 0.591. The van der Waals surface area contributed by atoms with Gasteiger partial charge in [0.2, 0.25) is 5.91 Å². The van der Waals surface area contributed by atoms with Crippen LogP contribution in [0, 0.1) is 0 Å². The summed E-state index contributed by atoms with van der Waals surface area (Å²) in [6, 6.07) is 9.36.